The Balaban J connectivity index is 1.78. The molecule has 3 nitrogen and oxygen atoms in total. The molecule has 0 atom stereocenters. The average molecular weight is 259 g/mol. The minimum Gasteiger partial charge on any atom is -0.298 e. The fourth-order valence-corrected chi connectivity index (χ4v) is 2.79. The highest BCUT2D eigenvalue weighted by atomic mass is 15.1. The Kier molecular flexibility index (Phi) is 3.83. The number of hydrogen-bond donors (Lipinski definition) is 0. The van der Waals surface area contributed by atoms with Gasteiger partial charge in [0.15, 0.2) is 0 Å². The summed E-state index contributed by atoms with van der Waals surface area (Å²) >= 11 is 0. The lowest BCUT2D eigenvalue weighted by Crippen LogP contribution is -2.29. The van der Waals surface area contributed by atoms with Crippen LogP contribution in [-0.4, -0.2) is 28.0 Å². The third kappa shape index (κ3) is 3.33. The minimum absolute atomic E-state index is 0.501. The van der Waals surface area contributed by atoms with E-state index in [-0.39, 0.29) is 0 Å². The maximum atomic E-state index is 4.82. The number of piperidine rings is 1. The smallest absolute Gasteiger partial charge is 0.132 e. The van der Waals surface area contributed by atoms with Gasteiger partial charge in [0, 0.05) is 18.2 Å². The molecule has 0 N–H and O–H groups in total. The van der Waals surface area contributed by atoms with Gasteiger partial charge in [0.05, 0.1) is 5.69 Å². The summed E-state index contributed by atoms with van der Waals surface area (Å²) in [5, 5.41) is 0. The summed E-state index contributed by atoms with van der Waals surface area (Å²) in [6, 6.07) is 2.23. The van der Waals surface area contributed by atoms with Crippen LogP contribution in [0.25, 0.3) is 0 Å². The molecule has 1 aliphatic carbocycles. The average Bonchev–Trinajstić information content (AvgIpc) is 3.24. The van der Waals surface area contributed by atoms with Crippen molar-refractivity contribution in [1.29, 1.82) is 0 Å². The molecule has 2 aliphatic rings. The predicted molar refractivity (Wildman–Crippen MR) is 77.2 cm³/mol. The van der Waals surface area contributed by atoms with E-state index in [0.29, 0.717) is 11.8 Å². The summed E-state index contributed by atoms with van der Waals surface area (Å²) in [6.45, 7) is 7.94. The second kappa shape index (κ2) is 5.58. The van der Waals surface area contributed by atoms with Crippen molar-refractivity contribution in [3.05, 3.63) is 23.3 Å². The molecule has 0 spiro atoms. The molecular formula is C16H25N3. The Labute approximate surface area is 116 Å². The molecule has 1 aromatic heterocycles. The zero-order valence-electron chi connectivity index (χ0n) is 12.2. The van der Waals surface area contributed by atoms with Crippen molar-refractivity contribution < 1.29 is 0 Å². The van der Waals surface area contributed by atoms with Crippen LogP contribution in [0, 0.1) is 0 Å². The van der Waals surface area contributed by atoms with E-state index in [2.05, 4.69) is 24.8 Å². The fourth-order valence-electron chi connectivity index (χ4n) is 2.79. The molecule has 104 valence electrons. The van der Waals surface area contributed by atoms with Crippen molar-refractivity contribution in [1.82, 2.24) is 14.9 Å². The van der Waals surface area contributed by atoms with E-state index < -0.39 is 0 Å². The fraction of sp³-hybridized carbons (Fsp3) is 0.750. The summed E-state index contributed by atoms with van der Waals surface area (Å²) in [5.74, 6) is 2.26. The van der Waals surface area contributed by atoms with Crippen LogP contribution >= 0.6 is 0 Å². The maximum Gasteiger partial charge on any atom is 0.132 e. The van der Waals surface area contributed by atoms with Gasteiger partial charge < -0.3 is 0 Å². The molecule has 3 rings (SSSR count). The standard InChI is InChI=1S/C16H25N3/c1-12(2)15-10-14(11-19-8-4-3-5-9-19)17-16(18-15)13-6-7-13/h10,12-13H,3-9,11H2,1-2H3. The molecule has 0 radical (unpaired) electrons. The Morgan fingerprint density at radius 2 is 1.89 bits per heavy atom. The molecular weight excluding hydrogens is 234 g/mol. The lowest BCUT2D eigenvalue weighted by atomic mass is 10.1. The van der Waals surface area contributed by atoms with E-state index in [0.717, 1.165) is 12.4 Å². The lowest BCUT2D eigenvalue weighted by molar-refractivity contribution is 0.218. The third-order valence-electron chi connectivity index (χ3n) is 4.18. The maximum absolute atomic E-state index is 4.82. The van der Waals surface area contributed by atoms with Crippen molar-refractivity contribution in [2.75, 3.05) is 13.1 Å². The van der Waals surface area contributed by atoms with Gasteiger partial charge in [-0.15, -0.1) is 0 Å². The van der Waals surface area contributed by atoms with E-state index >= 15 is 0 Å². The second-order valence-electron chi connectivity index (χ2n) is 6.41. The van der Waals surface area contributed by atoms with Gasteiger partial charge in [-0.3, -0.25) is 4.90 Å². The van der Waals surface area contributed by atoms with Crippen molar-refractivity contribution >= 4 is 0 Å². The first-order valence-electron chi connectivity index (χ1n) is 7.82. The molecule has 2 heterocycles. The van der Waals surface area contributed by atoms with Gasteiger partial charge in [-0.1, -0.05) is 20.3 Å². The van der Waals surface area contributed by atoms with Crippen LogP contribution in [0.4, 0.5) is 0 Å². The molecule has 0 amide bonds. The highest BCUT2D eigenvalue weighted by Crippen LogP contribution is 2.38. The first kappa shape index (κ1) is 13.0. The quantitative estimate of drug-likeness (QED) is 0.829. The van der Waals surface area contributed by atoms with Gasteiger partial charge in [0.25, 0.3) is 0 Å². The number of aromatic nitrogens is 2. The molecule has 2 fully saturated rings. The summed E-state index contributed by atoms with van der Waals surface area (Å²) in [4.78, 5) is 12.1. The van der Waals surface area contributed by atoms with Gasteiger partial charge in [-0.2, -0.15) is 0 Å². The molecule has 1 aliphatic heterocycles. The van der Waals surface area contributed by atoms with Crippen LogP contribution in [0.1, 0.15) is 75.0 Å². The first-order valence-corrected chi connectivity index (χ1v) is 7.82. The number of rotatable bonds is 4. The monoisotopic (exact) mass is 259 g/mol. The molecule has 1 saturated carbocycles. The number of nitrogens with zero attached hydrogens (tertiary/aromatic N) is 3. The van der Waals surface area contributed by atoms with Crippen LogP contribution in [0.2, 0.25) is 0 Å². The van der Waals surface area contributed by atoms with Gasteiger partial charge in [-0.05, 0) is 50.8 Å². The zero-order valence-corrected chi connectivity index (χ0v) is 12.2. The highest BCUT2D eigenvalue weighted by Gasteiger charge is 2.27. The minimum atomic E-state index is 0.501. The van der Waals surface area contributed by atoms with Gasteiger partial charge in [-0.25, -0.2) is 9.97 Å². The predicted octanol–water partition coefficient (Wildman–Crippen LogP) is 3.46. The zero-order chi connectivity index (χ0) is 13.2. The summed E-state index contributed by atoms with van der Waals surface area (Å²) in [6.07, 6.45) is 6.65. The Hall–Kier alpha value is -0.960. The van der Waals surface area contributed by atoms with Gasteiger partial charge in [0.2, 0.25) is 0 Å². The molecule has 19 heavy (non-hydrogen) atoms. The molecule has 0 bridgehead atoms. The molecule has 1 aromatic rings. The van der Waals surface area contributed by atoms with Crippen molar-refractivity contribution in [3.8, 4) is 0 Å². The Morgan fingerprint density at radius 3 is 2.53 bits per heavy atom. The lowest BCUT2D eigenvalue weighted by Gasteiger charge is -2.26. The van der Waals surface area contributed by atoms with Crippen molar-refractivity contribution in [3.63, 3.8) is 0 Å². The van der Waals surface area contributed by atoms with Crippen LogP contribution in [0.15, 0.2) is 6.07 Å². The van der Waals surface area contributed by atoms with Crippen LogP contribution in [0.5, 0.6) is 0 Å². The Bertz CT molecular complexity index is 411. The second-order valence-corrected chi connectivity index (χ2v) is 6.41. The molecule has 1 saturated heterocycles. The van der Waals surface area contributed by atoms with Crippen LogP contribution in [0.3, 0.4) is 0 Å². The van der Waals surface area contributed by atoms with E-state index in [1.807, 2.05) is 0 Å². The molecule has 0 unspecified atom stereocenters. The van der Waals surface area contributed by atoms with Gasteiger partial charge in [0.1, 0.15) is 5.82 Å². The van der Waals surface area contributed by atoms with E-state index in [1.165, 1.54) is 56.6 Å². The van der Waals surface area contributed by atoms with E-state index in [9.17, 15) is 0 Å². The summed E-state index contributed by atoms with van der Waals surface area (Å²) in [7, 11) is 0. The Morgan fingerprint density at radius 1 is 1.16 bits per heavy atom. The molecule has 0 aromatic carbocycles. The van der Waals surface area contributed by atoms with Gasteiger partial charge >= 0.3 is 0 Å². The number of likely N-dealkylation sites (tertiary alicyclic amines) is 1. The number of hydrogen-bond acceptors (Lipinski definition) is 3. The largest absolute Gasteiger partial charge is 0.298 e. The van der Waals surface area contributed by atoms with Crippen molar-refractivity contribution in [2.24, 2.45) is 0 Å². The van der Waals surface area contributed by atoms with Crippen LogP contribution < -0.4 is 0 Å². The summed E-state index contributed by atoms with van der Waals surface area (Å²) in [5.41, 5.74) is 2.46. The van der Waals surface area contributed by atoms with E-state index in [1.54, 1.807) is 0 Å². The third-order valence-corrected chi connectivity index (χ3v) is 4.18. The highest BCUT2D eigenvalue weighted by molar-refractivity contribution is 5.18. The van der Waals surface area contributed by atoms with Crippen molar-refractivity contribution in [2.45, 2.75) is 64.3 Å². The topological polar surface area (TPSA) is 29.0 Å². The SMILES string of the molecule is CC(C)c1cc(CN2CCCCC2)nc(C2CC2)n1. The molecule has 3 heteroatoms. The summed E-state index contributed by atoms with van der Waals surface area (Å²) < 4.78 is 0. The normalized spacial score (nSPS) is 21.0. The first-order chi connectivity index (χ1) is 9.22. The van der Waals surface area contributed by atoms with E-state index in [4.69, 9.17) is 9.97 Å². The van der Waals surface area contributed by atoms with Crippen LogP contribution in [-0.2, 0) is 6.54 Å².